The SMILES string of the molecule is CN(C)CCCNc1ccc(S(=O)(=O)c2ccc(C(N)=O)c(Oc3ccccc3)c2C#N)cc1. The molecule has 176 valence electrons. The van der Waals surface area contributed by atoms with Crippen LogP contribution < -0.4 is 15.8 Å². The average molecular weight is 479 g/mol. The lowest BCUT2D eigenvalue weighted by atomic mass is 10.1. The summed E-state index contributed by atoms with van der Waals surface area (Å²) >= 11 is 0. The fraction of sp³-hybridized carbons (Fsp3) is 0.200. The highest BCUT2D eigenvalue weighted by Gasteiger charge is 2.27. The molecule has 0 aliphatic carbocycles. The minimum absolute atomic E-state index is 0.0142. The second-order valence-corrected chi connectivity index (χ2v) is 9.74. The number of carbonyl (C=O) groups excluding carboxylic acids is 1. The summed E-state index contributed by atoms with van der Waals surface area (Å²) in [7, 11) is -0.0784. The number of nitrogens with zero attached hydrogens (tertiary/aromatic N) is 2. The number of benzene rings is 3. The van der Waals surface area contributed by atoms with E-state index >= 15 is 0 Å². The molecule has 1 amide bonds. The van der Waals surface area contributed by atoms with E-state index < -0.39 is 15.7 Å². The Balaban J connectivity index is 1.96. The number of ether oxygens (including phenoxy) is 1. The number of rotatable bonds is 10. The predicted octanol–water partition coefficient (Wildman–Crippen LogP) is 3.65. The molecule has 0 spiro atoms. The third kappa shape index (κ3) is 5.73. The first-order valence-electron chi connectivity index (χ1n) is 10.6. The van der Waals surface area contributed by atoms with Crippen molar-refractivity contribution in [1.82, 2.24) is 4.90 Å². The van der Waals surface area contributed by atoms with E-state index in [9.17, 15) is 18.5 Å². The molecular formula is C25H26N4O4S. The van der Waals surface area contributed by atoms with Crippen LogP contribution in [0.1, 0.15) is 22.3 Å². The van der Waals surface area contributed by atoms with Crippen LogP contribution in [-0.4, -0.2) is 46.4 Å². The zero-order chi connectivity index (χ0) is 24.7. The number of hydrogen-bond donors (Lipinski definition) is 2. The van der Waals surface area contributed by atoms with Gasteiger partial charge in [0.2, 0.25) is 9.84 Å². The van der Waals surface area contributed by atoms with Gasteiger partial charge in [-0.25, -0.2) is 8.42 Å². The zero-order valence-corrected chi connectivity index (χ0v) is 19.8. The van der Waals surface area contributed by atoms with E-state index in [2.05, 4.69) is 10.2 Å². The quantitative estimate of drug-likeness (QED) is 0.426. The van der Waals surface area contributed by atoms with E-state index in [1.165, 1.54) is 24.3 Å². The molecule has 3 rings (SSSR count). The van der Waals surface area contributed by atoms with Crippen molar-refractivity contribution in [2.75, 3.05) is 32.5 Å². The highest BCUT2D eigenvalue weighted by atomic mass is 32.2. The molecule has 3 aromatic carbocycles. The van der Waals surface area contributed by atoms with E-state index in [0.717, 1.165) is 25.2 Å². The highest BCUT2D eigenvalue weighted by molar-refractivity contribution is 7.91. The van der Waals surface area contributed by atoms with Crippen LogP contribution in [0.3, 0.4) is 0 Å². The Bertz CT molecular complexity index is 1300. The molecule has 0 radical (unpaired) electrons. The molecule has 0 aliphatic rings. The van der Waals surface area contributed by atoms with Gasteiger partial charge in [0.1, 0.15) is 17.4 Å². The third-order valence-electron chi connectivity index (χ3n) is 5.03. The molecule has 0 bridgehead atoms. The summed E-state index contributed by atoms with van der Waals surface area (Å²) < 4.78 is 32.5. The first kappa shape index (κ1) is 24.8. The molecule has 0 aromatic heterocycles. The minimum atomic E-state index is -4.08. The maximum Gasteiger partial charge on any atom is 0.252 e. The van der Waals surface area contributed by atoms with Crippen molar-refractivity contribution in [2.45, 2.75) is 16.2 Å². The third-order valence-corrected chi connectivity index (χ3v) is 6.84. The second-order valence-electron chi connectivity index (χ2n) is 7.82. The lowest BCUT2D eigenvalue weighted by molar-refractivity contribution is 0.0998. The Kier molecular flexibility index (Phi) is 7.89. The van der Waals surface area contributed by atoms with Crippen LogP contribution in [0.4, 0.5) is 5.69 Å². The molecule has 9 heteroatoms. The number of sulfone groups is 1. The maximum absolute atomic E-state index is 13.4. The monoisotopic (exact) mass is 478 g/mol. The van der Waals surface area contributed by atoms with Crippen molar-refractivity contribution in [3.05, 3.63) is 77.9 Å². The lowest BCUT2D eigenvalue weighted by Crippen LogP contribution is -2.16. The fourth-order valence-electron chi connectivity index (χ4n) is 3.31. The van der Waals surface area contributed by atoms with Gasteiger partial charge in [-0.15, -0.1) is 0 Å². The van der Waals surface area contributed by atoms with Crippen LogP contribution in [0.2, 0.25) is 0 Å². The van der Waals surface area contributed by atoms with Gasteiger partial charge < -0.3 is 20.7 Å². The van der Waals surface area contributed by atoms with Gasteiger partial charge in [0.15, 0.2) is 5.75 Å². The number of para-hydroxylation sites is 1. The molecular weight excluding hydrogens is 452 g/mol. The highest BCUT2D eigenvalue weighted by Crippen LogP contribution is 2.35. The number of nitriles is 1. The van der Waals surface area contributed by atoms with Crippen molar-refractivity contribution in [1.29, 1.82) is 5.26 Å². The second kappa shape index (κ2) is 10.8. The van der Waals surface area contributed by atoms with Gasteiger partial charge in [-0.2, -0.15) is 5.26 Å². The summed E-state index contributed by atoms with van der Waals surface area (Å²) in [5.74, 6) is -0.696. The molecule has 0 heterocycles. The van der Waals surface area contributed by atoms with Gasteiger partial charge >= 0.3 is 0 Å². The van der Waals surface area contributed by atoms with Crippen molar-refractivity contribution in [3.8, 4) is 17.6 Å². The molecule has 8 nitrogen and oxygen atoms in total. The van der Waals surface area contributed by atoms with Gasteiger partial charge in [-0.05, 0) is 75.6 Å². The Hall–Kier alpha value is -3.87. The Labute approximate surface area is 199 Å². The Morgan fingerprint density at radius 3 is 2.32 bits per heavy atom. The number of nitrogens with two attached hydrogens (primary N) is 1. The van der Waals surface area contributed by atoms with Crippen molar-refractivity contribution < 1.29 is 17.9 Å². The van der Waals surface area contributed by atoms with Crippen LogP contribution in [-0.2, 0) is 9.84 Å². The topological polar surface area (TPSA) is 126 Å². The summed E-state index contributed by atoms with van der Waals surface area (Å²) in [4.78, 5) is 13.8. The summed E-state index contributed by atoms with van der Waals surface area (Å²) in [6.45, 7) is 1.68. The molecule has 0 unspecified atom stereocenters. The first-order chi connectivity index (χ1) is 16.2. The maximum atomic E-state index is 13.4. The van der Waals surface area contributed by atoms with Crippen LogP contribution in [0.5, 0.6) is 11.5 Å². The van der Waals surface area contributed by atoms with Gasteiger partial charge in [0.05, 0.1) is 15.4 Å². The van der Waals surface area contributed by atoms with Gasteiger partial charge in [0.25, 0.3) is 5.91 Å². The number of anilines is 1. The average Bonchev–Trinajstić information content (AvgIpc) is 2.82. The standard InChI is InChI=1S/C25H26N4O4S/c1-29(2)16-6-15-28-18-9-11-20(12-10-18)34(31,32)23-14-13-21(25(27)30)24(22(23)17-26)33-19-7-4-3-5-8-19/h3-5,7-14,28H,6,15-16H2,1-2H3,(H2,27,30). The molecule has 0 atom stereocenters. The summed E-state index contributed by atoms with van der Waals surface area (Å²) in [6, 6.07) is 19.1. The summed E-state index contributed by atoms with van der Waals surface area (Å²) in [5, 5.41) is 13.1. The molecule has 3 N–H and O–H groups in total. The zero-order valence-electron chi connectivity index (χ0n) is 19.0. The van der Waals surface area contributed by atoms with E-state index in [0.29, 0.717) is 5.75 Å². The lowest BCUT2D eigenvalue weighted by Gasteiger charge is -2.15. The first-order valence-corrected chi connectivity index (χ1v) is 12.1. The fourth-order valence-corrected chi connectivity index (χ4v) is 4.71. The van der Waals surface area contributed by atoms with E-state index in [1.807, 2.05) is 20.2 Å². The van der Waals surface area contributed by atoms with E-state index in [4.69, 9.17) is 10.5 Å². The molecule has 34 heavy (non-hydrogen) atoms. The van der Waals surface area contributed by atoms with Crippen molar-refractivity contribution in [3.63, 3.8) is 0 Å². The number of primary amides is 1. The minimum Gasteiger partial charge on any atom is -0.455 e. The number of carbonyl (C=O) groups is 1. The van der Waals surface area contributed by atoms with Gasteiger partial charge in [-0.3, -0.25) is 4.79 Å². The van der Waals surface area contributed by atoms with Crippen molar-refractivity contribution in [2.24, 2.45) is 5.73 Å². The van der Waals surface area contributed by atoms with Crippen LogP contribution in [0, 0.1) is 11.3 Å². The smallest absolute Gasteiger partial charge is 0.252 e. The summed E-state index contributed by atoms with van der Waals surface area (Å²) in [5.41, 5.74) is 5.87. The molecule has 0 saturated carbocycles. The number of nitrogens with one attached hydrogen (secondary N) is 1. The van der Waals surface area contributed by atoms with Gasteiger partial charge in [0, 0.05) is 12.2 Å². The number of hydrogen-bond acceptors (Lipinski definition) is 7. The molecule has 0 fully saturated rings. The normalized spacial score (nSPS) is 11.1. The molecule has 3 aromatic rings. The van der Waals surface area contributed by atoms with Crippen molar-refractivity contribution >= 4 is 21.4 Å². The number of amides is 1. The molecule has 0 saturated heterocycles. The van der Waals surface area contributed by atoms with Gasteiger partial charge in [-0.1, -0.05) is 18.2 Å². The van der Waals surface area contributed by atoms with E-state index in [1.54, 1.807) is 42.5 Å². The van der Waals surface area contributed by atoms with Crippen LogP contribution in [0.15, 0.2) is 76.5 Å². The van der Waals surface area contributed by atoms with Crippen LogP contribution in [0.25, 0.3) is 0 Å². The van der Waals surface area contributed by atoms with Crippen LogP contribution >= 0.6 is 0 Å². The Morgan fingerprint density at radius 1 is 1.06 bits per heavy atom. The predicted molar refractivity (Wildman–Crippen MR) is 130 cm³/mol. The molecule has 0 aliphatic heterocycles. The summed E-state index contributed by atoms with van der Waals surface area (Å²) in [6.07, 6.45) is 0.939. The Morgan fingerprint density at radius 2 is 1.74 bits per heavy atom. The van der Waals surface area contributed by atoms with E-state index in [-0.39, 0.29) is 26.7 Å². The largest absolute Gasteiger partial charge is 0.455 e.